The molecule has 0 fully saturated rings. The maximum Gasteiger partial charge on any atom is 0.153 e. The summed E-state index contributed by atoms with van der Waals surface area (Å²) in [4.78, 5) is 14.8. The quantitative estimate of drug-likeness (QED) is 0.780. The van der Waals surface area contributed by atoms with Crippen LogP contribution in [0.2, 0.25) is 5.02 Å². The average Bonchev–Trinajstić information content (AvgIpc) is 2.38. The topological polar surface area (TPSA) is 39.2 Å². The second kappa shape index (κ2) is 5.46. The van der Waals surface area contributed by atoms with Crippen LogP contribution in [0.15, 0.2) is 42.7 Å². The highest BCUT2D eigenvalue weighted by atomic mass is 35.5. The number of pyridine rings is 1. The third kappa shape index (κ3) is 3.04. The second-order valence-electron chi connectivity index (χ2n) is 3.44. The van der Waals surface area contributed by atoms with E-state index in [-0.39, 0.29) is 0 Å². The van der Waals surface area contributed by atoms with Crippen LogP contribution in [0.4, 0.5) is 0 Å². The molecule has 1 heterocycles. The maximum atomic E-state index is 10.8. The van der Waals surface area contributed by atoms with Gasteiger partial charge in [-0.2, -0.15) is 0 Å². The molecule has 17 heavy (non-hydrogen) atoms. The van der Waals surface area contributed by atoms with Crippen LogP contribution in [0.1, 0.15) is 15.9 Å². The van der Waals surface area contributed by atoms with Crippen molar-refractivity contribution in [1.82, 2.24) is 4.98 Å². The number of hydrogen-bond acceptors (Lipinski definition) is 3. The fourth-order valence-electron chi connectivity index (χ4n) is 1.38. The van der Waals surface area contributed by atoms with Gasteiger partial charge in [-0.25, -0.2) is 0 Å². The highest BCUT2D eigenvalue weighted by Gasteiger charge is 2.04. The Hall–Kier alpha value is -1.87. The molecule has 0 aliphatic heterocycles. The van der Waals surface area contributed by atoms with Crippen molar-refractivity contribution in [2.45, 2.75) is 6.61 Å². The molecule has 1 aromatic heterocycles. The number of nitrogens with zero attached hydrogens (tertiary/aromatic N) is 1. The molecule has 1 aromatic carbocycles. The lowest BCUT2D eigenvalue weighted by Gasteiger charge is -2.08. The van der Waals surface area contributed by atoms with E-state index in [0.717, 1.165) is 11.8 Å². The van der Waals surface area contributed by atoms with Crippen LogP contribution in [-0.4, -0.2) is 11.3 Å². The molecule has 0 unspecified atom stereocenters. The van der Waals surface area contributed by atoms with E-state index in [9.17, 15) is 4.79 Å². The minimum Gasteiger partial charge on any atom is -0.488 e. The predicted octanol–water partition coefficient (Wildman–Crippen LogP) is 3.13. The standard InChI is InChI=1S/C13H10ClNO2/c14-12-1-2-13(11(7-12)8-16)17-9-10-3-5-15-6-4-10/h1-8H,9H2. The molecule has 86 valence electrons. The predicted molar refractivity (Wildman–Crippen MR) is 65.4 cm³/mol. The third-order valence-corrected chi connectivity index (χ3v) is 2.48. The van der Waals surface area contributed by atoms with Crippen LogP contribution < -0.4 is 4.74 Å². The van der Waals surface area contributed by atoms with E-state index in [1.165, 1.54) is 0 Å². The molecule has 0 saturated carbocycles. The van der Waals surface area contributed by atoms with Crippen molar-refractivity contribution < 1.29 is 9.53 Å². The fraction of sp³-hybridized carbons (Fsp3) is 0.0769. The smallest absolute Gasteiger partial charge is 0.153 e. The lowest BCUT2D eigenvalue weighted by atomic mass is 10.2. The molecule has 0 aliphatic carbocycles. The largest absolute Gasteiger partial charge is 0.488 e. The molecule has 0 saturated heterocycles. The summed E-state index contributed by atoms with van der Waals surface area (Å²) in [6.45, 7) is 0.394. The van der Waals surface area contributed by atoms with E-state index >= 15 is 0 Å². The van der Waals surface area contributed by atoms with Gasteiger partial charge < -0.3 is 4.74 Å². The number of aldehydes is 1. The Morgan fingerprint density at radius 1 is 1.24 bits per heavy atom. The summed E-state index contributed by atoms with van der Waals surface area (Å²) in [6, 6.07) is 8.67. The summed E-state index contributed by atoms with van der Waals surface area (Å²) in [5, 5.41) is 0.517. The Bertz CT molecular complexity index is 514. The van der Waals surface area contributed by atoms with E-state index in [1.54, 1.807) is 30.6 Å². The number of ether oxygens (including phenoxy) is 1. The van der Waals surface area contributed by atoms with E-state index in [4.69, 9.17) is 16.3 Å². The lowest BCUT2D eigenvalue weighted by Crippen LogP contribution is -1.98. The van der Waals surface area contributed by atoms with Crippen molar-refractivity contribution >= 4 is 17.9 Å². The molecule has 3 nitrogen and oxygen atoms in total. The molecule has 0 bridgehead atoms. The summed E-state index contributed by atoms with van der Waals surface area (Å²) < 4.78 is 5.55. The van der Waals surface area contributed by atoms with Gasteiger partial charge in [-0.15, -0.1) is 0 Å². The van der Waals surface area contributed by atoms with Crippen molar-refractivity contribution in [1.29, 1.82) is 0 Å². The zero-order chi connectivity index (χ0) is 12.1. The monoisotopic (exact) mass is 247 g/mol. The molecular formula is C13H10ClNO2. The third-order valence-electron chi connectivity index (χ3n) is 2.24. The molecule has 0 N–H and O–H groups in total. The average molecular weight is 248 g/mol. The van der Waals surface area contributed by atoms with Gasteiger partial charge in [-0.05, 0) is 35.9 Å². The molecule has 0 amide bonds. The first-order chi connectivity index (χ1) is 8.29. The van der Waals surface area contributed by atoms with E-state index in [2.05, 4.69) is 4.98 Å². The summed E-state index contributed by atoms with van der Waals surface area (Å²) in [5.74, 6) is 0.529. The highest BCUT2D eigenvalue weighted by Crippen LogP contribution is 2.22. The van der Waals surface area contributed by atoms with E-state index in [0.29, 0.717) is 22.9 Å². The van der Waals surface area contributed by atoms with Crippen LogP contribution in [0.3, 0.4) is 0 Å². The number of hydrogen-bond donors (Lipinski definition) is 0. The zero-order valence-corrected chi connectivity index (χ0v) is 9.72. The normalized spacial score (nSPS) is 9.94. The van der Waals surface area contributed by atoms with Crippen molar-refractivity contribution in [3.8, 4) is 5.75 Å². The van der Waals surface area contributed by atoms with Gasteiger partial charge in [0, 0.05) is 17.4 Å². The molecule has 2 rings (SSSR count). The van der Waals surface area contributed by atoms with Crippen LogP contribution in [0.25, 0.3) is 0 Å². The first-order valence-corrected chi connectivity index (χ1v) is 5.44. The summed E-state index contributed by atoms with van der Waals surface area (Å²) in [7, 11) is 0. The van der Waals surface area contributed by atoms with E-state index in [1.807, 2.05) is 12.1 Å². The van der Waals surface area contributed by atoms with Crippen LogP contribution >= 0.6 is 11.6 Å². The molecule has 2 aromatic rings. The number of aromatic nitrogens is 1. The Kier molecular flexibility index (Phi) is 3.73. The number of halogens is 1. The van der Waals surface area contributed by atoms with Crippen LogP contribution in [-0.2, 0) is 6.61 Å². The van der Waals surface area contributed by atoms with Gasteiger partial charge >= 0.3 is 0 Å². The van der Waals surface area contributed by atoms with Gasteiger partial charge in [0.2, 0.25) is 0 Å². The van der Waals surface area contributed by atoms with Gasteiger partial charge in [0.15, 0.2) is 6.29 Å². The van der Waals surface area contributed by atoms with Gasteiger partial charge in [0.25, 0.3) is 0 Å². The Labute approximate surface area is 104 Å². The maximum absolute atomic E-state index is 10.8. The van der Waals surface area contributed by atoms with Gasteiger partial charge in [-0.3, -0.25) is 9.78 Å². The van der Waals surface area contributed by atoms with E-state index < -0.39 is 0 Å². The number of benzene rings is 1. The Balaban J connectivity index is 2.11. The molecular weight excluding hydrogens is 238 g/mol. The molecule has 0 radical (unpaired) electrons. The molecule has 0 aliphatic rings. The Morgan fingerprint density at radius 3 is 2.71 bits per heavy atom. The SMILES string of the molecule is O=Cc1cc(Cl)ccc1OCc1ccncc1. The van der Waals surface area contributed by atoms with Crippen LogP contribution in [0.5, 0.6) is 5.75 Å². The summed E-state index contributed by atoms with van der Waals surface area (Å²) in [6.07, 6.45) is 4.12. The number of rotatable bonds is 4. The summed E-state index contributed by atoms with van der Waals surface area (Å²) >= 11 is 5.79. The number of carbonyl (C=O) groups is 1. The molecule has 4 heteroatoms. The highest BCUT2D eigenvalue weighted by molar-refractivity contribution is 6.30. The zero-order valence-electron chi connectivity index (χ0n) is 8.97. The molecule has 0 atom stereocenters. The minimum atomic E-state index is 0.394. The minimum absolute atomic E-state index is 0.394. The van der Waals surface area contributed by atoms with Gasteiger partial charge in [0.1, 0.15) is 12.4 Å². The number of carbonyl (C=O) groups excluding carboxylic acids is 1. The van der Waals surface area contributed by atoms with Crippen molar-refractivity contribution in [2.75, 3.05) is 0 Å². The first kappa shape index (κ1) is 11.6. The fourth-order valence-corrected chi connectivity index (χ4v) is 1.56. The van der Waals surface area contributed by atoms with Crippen molar-refractivity contribution in [3.63, 3.8) is 0 Å². The van der Waals surface area contributed by atoms with Gasteiger partial charge in [-0.1, -0.05) is 11.6 Å². The second-order valence-corrected chi connectivity index (χ2v) is 3.88. The lowest BCUT2D eigenvalue weighted by molar-refractivity contribution is 0.111. The summed E-state index contributed by atoms with van der Waals surface area (Å²) in [5.41, 5.74) is 1.44. The molecule has 0 spiro atoms. The van der Waals surface area contributed by atoms with Crippen molar-refractivity contribution in [3.05, 3.63) is 58.9 Å². The van der Waals surface area contributed by atoms with Crippen LogP contribution in [0, 0.1) is 0 Å². The Morgan fingerprint density at radius 2 is 2.00 bits per heavy atom. The van der Waals surface area contributed by atoms with Gasteiger partial charge in [0.05, 0.1) is 5.56 Å². The van der Waals surface area contributed by atoms with Crippen molar-refractivity contribution in [2.24, 2.45) is 0 Å². The first-order valence-electron chi connectivity index (χ1n) is 5.06.